The fourth-order valence-electron chi connectivity index (χ4n) is 2.92. The molecule has 1 aliphatic rings. The summed E-state index contributed by atoms with van der Waals surface area (Å²) >= 11 is 0. The van der Waals surface area contributed by atoms with Crippen molar-refractivity contribution in [1.82, 2.24) is 0 Å². The average molecular weight is 274 g/mol. The van der Waals surface area contributed by atoms with Gasteiger partial charge in [-0.1, -0.05) is 60.8 Å². The third kappa shape index (κ3) is 3.18. The van der Waals surface area contributed by atoms with Crippen molar-refractivity contribution in [3.05, 3.63) is 35.4 Å². The number of oxime groups is 2. The lowest BCUT2D eigenvalue weighted by molar-refractivity contribution is 0.313. The molecule has 0 heterocycles. The lowest BCUT2D eigenvalue weighted by atomic mass is 9.83. The summed E-state index contributed by atoms with van der Waals surface area (Å²) in [7, 11) is 0. The fourth-order valence-corrected chi connectivity index (χ4v) is 2.92. The van der Waals surface area contributed by atoms with E-state index in [9.17, 15) is 0 Å². The normalized spacial score (nSPS) is 18.2. The molecular weight excluding hydrogens is 252 g/mol. The monoisotopic (exact) mass is 274 g/mol. The van der Waals surface area contributed by atoms with Crippen LogP contribution in [0.25, 0.3) is 0 Å². The summed E-state index contributed by atoms with van der Waals surface area (Å²) in [6, 6.07) is 8.09. The van der Waals surface area contributed by atoms with Crippen LogP contribution in [0.2, 0.25) is 0 Å². The number of hydrogen-bond donors (Lipinski definition) is 2. The molecule has 20 heavy (non-hydrogen) atoms. The smallest absolute Gasteiger partial charge is 0.134 e. The first kappa shape index (κ1) is 14.6. The molecule has 1 fully saturated rings. The van der Waals surface area contributed by atoms with Gasteiger partial charge in [0.05, 0.1) is 0 Å². The second-order valence-corrected chi connectivity index (χ2v) is 5.31. The van der Waals surface area contributed by atoms with Crippen LogP contribution in [0.4, 0.5) is 0 Å². The van der Waals surface area contributed by atoms with Gasteiger partial charge in [0.25, 0.3) is 0 Å². The minimum Gasteiger partial charge on any atom is -0.411 e. The molecule has 4 heteroatoms. The van der Waals surface area contributed by atoms with Crippen molar-refractivity contribution in [1.29, 1.82) is 0 Å². The summed E-state index contributed by atoms with van der Waals surface area (Å²) in [5, 5.41) is 24.5. The van der Waals surface area contributed by atoms with Crippen LogP contribution in [-0.4, -0.2) is 21.8 Å². The zero-order valence-corrected chi connectivity index (χ0v) is 11.9. The van der Waals surface area contributed by atoms with Crippen LogP contribution in [0.15, 0.2) is 34.6 Å². The molecule has 0 aliphatic heterocycles. The van der Waals surface area contributed by atoms with E-state index in [0.717, 1.165) is 5.56 Å². The molecule has 1 aromatic rings. The van der Waals surface area contributed by atoms with E-state index in [2.05, 4.69) is 22.4 Å². The predicted octanol–water partition coefficient (Wildman–Crippen LogP) is 4.15. The topological polar surface area (TPSA) is 65.2 Å². The van der Waals surface area contributed by atoms with Crippen LogP contribution in [0, 0.1) is 0 Å². The highest BCUT2D eigenvalue weighted by molar-refractivity contribution is 6.48. The van der Waals surface area contributed by atoms with Gasteiger partial charge in [-0.15, -0.1) is 0 Å². The van der Waals surface area contributed by atoms with Crippen molar-refractivity contribution in [2.75, 3.05) is 0 Å². The summed E-state index contributed by atoms with van der Waals surface area (Å²) in [5.41, 5.74) is 2.86. The molecule has 2 N–H and O–H groups in total. The molecule has 0 unspecified atom stereocenters. The molecular formula is C16H22N2O2. The summed E-state index contributed by atoms with van der Waals surface area (Å²) in [5.74, 6) is 0.657. The Balaban J connectivity index is 2.18. The van der Waals surface area contributed by atoms with E-state index in [4.69, 9.17) is 10.4 Å². The van der Waals surface area contributed by atoms with Gasteiger partial charge in [-0.2, -0.15) is 0 Å². The highest BCUT2D eigenvalue weighted by Gasteiger charge is 2.16. The molecule has 0 bridgehead atoms. The van der Waals surface area contributed by atoms with E-state index < -0.39 is 0 Å². The highest BCUT2D eigenvalue weighted by Crippen LogP contribution is 2.32. The molecule has 0 atom stereocenters. The van der Waals surface area contributed by atoms with Gasteiger partial charge in [0.2, 0.25) is 0 Å². The molecule has 1 aromatic carbocycles. The van der Waals surface area contributed by atoms with E-state index in [1.807, 2.05) is 19.1 Å². The van der Waals surface area contributed by atoms with Gasteiger partial charge in [-0.3, -0.25) is 0 Å². The van der Waals surface area contributed by atoms with Gasteiger partial charge >= 0.3 is 0 Å². The quantitative estimate of drug-likeness (QED) is 0.492. The van der Waals surface area contributed by atoms with Crippen LogP contribution in [0.3, 0.4) is 0 Å². The Hall–Kier alpha value is -1.84. The Morgan fingerprint density at radius 1 is 1.05 bits per heavy atom. The van der Waals surface area contributed by atoms with Crippen LogP contribution in [0.1, 0.15) is 62.5 Å². The van der Waals surface area contributed by atoms with Crippen LogP contribution >= 0.6 is 0 Å². The maximum absolute atomic E-state index is 9.13. The molecule has 0 amide bonds. The first-order chi connectivity index (χ1) is 9.80. The lowest BCUT2D eigenvalue weighted by Gasteiger charge is -2.22. The van der Waals surface area contributed by atoms with Gasteiger partial charge in [0.1, 0.15) is 11.4 Å². The van der Waals surface area contributed by atoms with Crippen LogP contribution < -0.4 is 0 Å². The van der Waals surface area contributed by atoms with Crippen molar-refractivity contribution < 1.29 is 10.4 Å². The summed E-state index contributed by atoms with van der Waals surface area (Å²) in [4.78, 5) is 0. The summed E-state index contributed by atoms with van der Waals surface area (Å²) in [6.45, 7) is 1.86. The van der Waals surface area contributed by atoms with Gasteiger partial charge in [0, 0.05) is 5.56 Å². The number of nitrogens with zero attached hydrogens (tertiary/aromatic N) is 2. The first-order valence-electron chi connectivity index (χ1n) is 7.33. The standard InChI is InChI=1S/C16H22N2O2/c1-2-15(17-19)16(18-20)14-10-8-13(9-11-14)12-6-4-3-5-7-12/h8-12,19-20H,2-7H2,1H3/b17-15+,18-16-. The Morgan fingerprint density at radius 3 is 2.20 bits per heavy atom. The van der Waals surface area contributed by atoms with Gasteiger partial charge in [0.15, 0.2) is 0 Å². The van der Waals surface area contributed by atoms with E-state index in [-0.39, 0.29) is 0 Å². The largest absolute Gasteiger partial charge is 0.411 e. The molecule has 0 radical (unpaired) electrons. The minimum atomic E-state index is 0.338. The highest BCUT2D eigenvalue weighted by atomic mass is 16.4. The zero-order valence-electron chi connectivity index (χ0n) is 11.9. The molecule has 4 nitrogen and oxygen atoms in total. The molecule has 108 valence electrons. The summed E-state index contributed by atoms with van der Waals surface area (Å²) < 4.78 is 0. The Bertz CT molecular complexity index is 486. The summed E-state index contributed by atoms with van der Waals surface area (Å²) in [6.07, 6.45) is 7.01. The van der Waals surface area contributed by atoms with Crippen molar-refractivity contribution in [2.45, 2.75) is 51.4 Å². The van der Waals surface area contributed by atoms with E-state index >= 15 is 0 Å². The van der Waals surface area contributed by atoms with Crippen molar-refractivity contribution >= 4 is 11.4 Å². The molecule has 1 saturated carbocycles. The lowest BCUT2D eigenvalue weighted by Crippen LogP contribution is -2.15. The third-order valence-electron chi connectivity index (χ3n) is 4.09. The van der Waals surface area contributed by atoms with Crippen molar-refractivity contribution in [3.8, 4) is 0 Å². The fraction of sp³-hybridized carbons (Fsp3) is 0.500. The molecule has 2 rings (SSSR count). The first-order valence-corrected chi connectivity index (χ1v) is 7.33. The second-order valence-electron chi connectivity index (χ2n) is 5.31. The Labute approximate surface area is 119 Å². The second kappa shape index (κ2) is 7.08. The predicted molar refractivity (Wildman–Crippen MR) is 80.1 cm³/mol. The zero-order chi connectivity index (χ0) is 14.4. The van der Waals surface area contributed by atoms with E-state index in [1.54, 1.807) is 0 Å². The van der Waals surface area contributed by atoms with Gasteiger partial charge in [-0.25, -0.2) is 0 Å². The van der Waals surface area contributed by atoms with Crippen LogP contribution in [-0.2, 0) is 0 Å². The van der Waals surface area contributed by atoms with Crippen molar-refractivity contribution in [2.24, 2.45) is 10.3 Å². The number of hydrogen-bond acceptors (Lipinski definition) is 4. The Morgan fingerprint density at radius 2 is 1.70 bits per heavy atom. The molecule has 0 spiro atoms. The van der Waals surface area contributed by atoms with Crippen molar-refractivity contribution in [3.63, 3.8) is 0 Å². The minimum absolute atomic E-state index is 0.338. The van der Waals surface area contributed by atoms with E-state index in [1.165, 1.54) is 37.7 Å². The molecule has 0 aromatic heterocycles. The number of benzene rings is 1. The van der Waals surface area contributed by atoms with Gasteiger partial charge in [-0.05, 0) is 30.7 Å². The average Bonchev–Trinajstić information content (AvgIpc) is 2.53. The molecule has 1 aliphatic carbocycles. The Kier molecular flexibility index (Phi) is 5.16. The third-order valence-corrected chi connectivity index (χ3v) is 4.09. The maximum Gasteiger partial charge on any atom is 0.134 e. The number of rotatable bonds is 4. The molecule has 0 saturated heterocycles. The maximum atomic E-state index is 9.13. The van der Waals surface area contributed by atoms with E-state index in [0.29, 0.717) is 23.8 Å². The SMILES string of the molecule is CCC(=N\O)/C(=N\O)c1ccc(C2CCCCC2)cc1. The van der Waals surface area contributed by atoms with Gasteiger partial charge < -0.3 is 10.4 Å². The van der Waals surface area contributed by atoms with Crippen LogP contribution in [0.5, 0.6) is 0 Å².